The third kappa shape index (κ3) is 3.02. The molecule has 1 saturated heterocycles. The second kappa shape index (κ2) is 6.32. The van der Waals surface area contributed by atoms with Crippen LogP contribution < -0.4 is 10.6 Å². The summed E-state index contributed by atoms with van der Waals surface area (Å²) in [5, 5.41) is 0. The Balaban J connectivity index is 1.50. The van der Waals surface area contributed by atoms with Gasteiger partial charge in [-0.3, -0.25) is 4.98 Å². The predicted molar refractivity (Wildman–Crippen MR) is 110 cm³/mol. The van der Waals surface area contributed by atoms with E-state index in [0.717, 1.165) is 66.3 Å². The molecule has 2 aliphatic heterocycles. The van der Waals surface area contributed by atoms with Crippen LogP contribution in [0.3, 0.4) is 0 Å². The normalized spacial score (nSPS) is 17.2. The summed E-state index contributed by atoms with van der Waals surface area (Å²) in [5.41, 5.74) is 12.0. The topological polar surface area (TPSA) is 70.6 Å². The Hall–Kier alpha value is -2.99. The Morgan fingerprint density at radius 1 is 0.926 bits per heavy atom. The number of anilines is 1. The zero-order chi connectivity index (χ0) is 18.4. The van der Waals surface area contributed by atoms with E-state index in [1.165, 1.54) is 5.56 Å². The molecule has 1 aromatic carbocycles. The SMILES string of the molecule is CN1CCN(c2ccc3ncc(-c4ccc5c(c4)N=C(N)C5)cc3n2)CC1. The van der Waals surface area contributed by atoms with Crippen molar-refractivity contribution in [3.8, 4) is 11.1 Å². The van der Waals surface area contributed by atoms with Crippen molar-refractivity contribution in [1.82, 2.24) is 14.9 Å². The van der Waals surface area contributed by atoms with Gasteiger partial charge >= 0.3 is 0 Å². The predicted octanol–water partition coefficient (Wildman–Crippen LogP) is 2.59. The fourth-order valence-electron chi connectivity index (χ4n) is 3.75. The number of hydrogen-bond donors (Lipinski definition) is 1. The van der Waals surface area contributed by atoms with E-state index < -0.39 is 0 Å². The van der Waals surface area contributed by atoms with Crippen molar-refractivity contribution in [3.05, 3.63) is 48.2 Å². The van der Waals surface area contributed by atoms with Gasteiger partial charge in [0.25, 0.3) is 0 Å². The van der Waals surface area contributed by atoms with E-state index in [-0.39, 0.29) is 0 Å². The minimum atomic E-state index is 0.678. The third-order valence-electron chi connectivity index (χ3n) is 5.40. The first kappa shape index (κ1) is 16.2. The Labute approximate surface area is 158 Å². The van der Waals surface area contributed by atoms with E-state index in [2.05, 4.69) is 63.2 Å². The lowest BCUT2D eigenvalue weighted by atomic mass is 10.0. The molecule has 2 aliphatic rings. The van der Waals surface area contributed by atoms with Crippen LogP contribution in [0.1, 0.15) is 5.56 Å². The second-order valence-electron chi connectivity index (χ2n) is 7.35. The molecule has 6 heteroatoms. The highest BCUT2D eigenvalue weighted by atomic mass is 15.3. The van der Waals surface area contributed by atoms with Crippen LogP contribution in [0.5, 0.6) is 0 Å². The number of piperazine rings is 1. The van der Waals surface area contributed by atoms with Gasteiger partial charge in [-0.1, -0.05) is 12.1 Å². The molecule has 1 fully saturated rings. The van der Waals surface area contributed by atoms with Gasteiger partial charge in [0, 0.05) is 44.4 Å². The average Bonchev–Trinajstić information content (AvgIpc) is 3.07. The van der Waals surface area contributed by atoms with Crippen LogP contribution in [0.2, 0.25) is 0 Å². The number of likely N-dealkylation sites (N-methyl/N-ethyl adjacent to an activating group) is 1. The van der Waals surface area contributed by atoms with Gasteiger partial charge in [0.15, 0.2) is 0 Å². The molecule has 2 aromatic heterocycles. The van der Waals surface area contributed by atoms with E-state index >= 15 is 0 Å². The number of nitrogens with zero attached hydrogens (tertiary/aromatic N) is 5. The number of pyridine rings is 2. The van der Waals surface area contributed by atoms with Crippen LogP contribution in [0.15, 0.2) is 47.6 Å². The van der Waals surface area contributed by atoms with Crippen LogP contribution in [-0.4, -0.2) is 53.9 Å². The summed E-state index contributed by atoms with van der Waals surface area (Å²) in [6.07, 6.45) is 2.64. The standard InChI is InChI=1S/C21H22N6/c1-26-6-8-27(9-7-26)21-5-4-17-19(25-21)11-16(13-23-17)14-2-3-15-12-20(22)24-18(15)10-14/h2-5,10-11,13H,6-9,12H2,1H3,(H2,22,24). The van der Waals surface area contributed by atoms with E-state index in [9.17, 15) is 0 Å². The van der Waals surface area contributed by atoms with Gasteiger partial charge in [-0.15, -0.1) is 0 Å². The van der Waals surface area contributed by atoms with Gasteiger partial charge in [0.2, 0.25) is 0 Å². The number of nitrogens with two attached hydrogens (primary N) is 1. The fourth-order valence-corrected chi connectivity index (χ4v) is 3.75. The Morgan fingerprint density at radius 2 is 1.78 bits per heavy atom. The van der Waals surface area contributed by atoms with Gasteiger partial charge < -0.3 is 15.5 Å². The quantitative estimate of drug-likeness (QED) is 0.762. The molecule has 3 aromatic rings. The van der Waals surface area contributed by atoms with Crippen molar-refractivity contribution in [2.45, 2.75) is 6.42 Å². The van der Waals surface area contributed by atoms with Gasteiger partial charge in [0.1, 0.15) is 11.7 Å². The number of benzene rings is 1. The molecule has 136 valence electrons. The van der Waals surface area contributed by atoms with Gasteiger partial charge in [0.05, 0.1) is 16.7 Å². The molecule has 0 spiro atoms. The zero-order valence-electron chi connectivity index (χ0n) is 15.4. The molecule has 6 nitrogen and oxygen atoms in total. The molecule has 27 heavy (non-hydrogen) atoms. The van der Waals surface area contributed by atoms with Gasteiger partial charge in [-0.25, -0.2) is 9.98 Å². The molecule has 0 bridgehead atoms. The molecule has 5 rings (SSSR count). The van der Waals surface area contributed by atoms with Crippen molar-refractivity contribution in [1.29, 1.82) is 0 Å². The Bertz CT molecular complexity index is 1050. The molecule has 0 unspecified atom stereocenters. The summed E-state index contributed by atoms with van der Waals surface area (Å²) in [6, 6.07) is 12.6. The maximum absolute atomic E-state index is 5.86. The van der Waals surface area contributed by atoms with Gasteiger partial charge in [-0.05, 0) is 42.4 Å². The first-order chi connectivity index (χ1) is 13.2. The minimum Gasteiger partial charge on any atom is -0.387 e. The molecule has 4 heterocycles. The van der Waals surface area contributed by atoms with Crippen LogP contribution in [0, 0.1) is 0 Å². The number of aliphatic imine (C=N–C) groups is 1. The minimum absolute atomic E-state index is 0.678. The third-order valence-corrected chi connectivity index (χ3v) is 5.40. The summed E-state index contributed by atoms with van der Waals surface area (Å²) < 4.78 is 0. The highest BCUT2D eigenvalue weighted by Crippen LogP contribution is 2.32. The maximum atomic E-state index is 5.86. The Kier molecular flexibility index (Phi) is 3.79. The average molecular weight is 358 g/mol. The number of fused-ring (bicyclic) bond motifs is 2. The number of aromatic nitrogens is 2. The van der Waals surface area contributed by atoms with E-state index in [0.29, 0.717) is 5.84 Å². The van der Waals surface area contributed by atoms with Crippen LogP contribution in [-0.2, 0) is 6.42 Å². The van der Waals surface area contributed by atoms with Crippen LogP contribution >= 0.6 is 0 Å². The lowest BCUT2D eigenvalue weighted by Gasteiger charge is -2.33. The fraction of sp³-hybridized carbons (Fsp3) is 0.286. The molecule has 0 amide bonds. The Morgan fingerprint density at radius 3 is 2.63 bits per heavy atom. The molecule has 0 atom stereocenters. The highest BCUT2D eigenvalue weighted by molar-refractivity contribution is 5.92. The van der Waals surface area contributed by atoms with E-state index in [1.807, 2.05) is 6.20 Å². The molecule has 0 saturated carbocycles. The van der Waals surface area contributed by atoms with Gasteiger partial charge in [-0.2, -0.15) is 0 Å². The van der Waals surface area contributed by atoms with Crippen molar-refractivity contribution >= 4 is 28.4 Å². The van der Waals surface area contributed by atoms with Crippen molar-refractivity contribution in [3.63, 3.8) is 0 Å². The first-order valence-electron chi connectivity index (χ1n) is 9.32. The number of hydrogen-bond acceptors (Lipinski definition) is 6. The number of amidine groups is 1. The van der Waals surface area contributed by atoms with Crippen molar-refractivity contribution in [2.24, 2.45) is 10.7 Å². The molecular weight excluding hydrogens is 336 g/mol. The molecule has 2 N–H and O–H groups in total. The number of rotatable bonds is 2. The molecule has 0 radical (unpaired) electrons. The summed E-state index contributed by atoms with van der Waals surface area (Å²) >= 11 is 0. The monoisotopic (exact) mass is 358 g/mol. The summed E-state index contributed by atoms with van der Waals surface area (Å²) in [7, 11) is 2.16. The first-order valence-corrected chi connectivity index (χ1v) is 9.32. The zero-order valence-corrected chi connectivity index (χ0v) is 15.4. The van der Waals surface area contributed by atoms with Crippen molar-refractivity contribution < 1.29 is 0 Å². The van der Waals surface area contributed by atoms with Crippen LogP contribution in [0.25, 0.3) is 22.2 Å². The molecule has 0 aliphatic carbocycles. The van der Waals surface area contributed by atoms with Crippen LogP contribution in [0.4, 0.5) is 11.5 Å². The summed E-state index contributed by atoms with van der Waals surface area (Å²) in [4.78, 5) is 18.6. The maximum Gasteiger partial charge on any atom is 0.129 e. The summed E-state index contributed by atoms with van der Waals surface area (Å²) in [5.74, 6) is 1.71. The highest BCUT2D eigenvalue weighted by Gasteiger charge is 2.16. The lowest BCUT2D eigenvalue weighted by Crippen LogP contribution is -2.44. The second-order valence-corrected chi connectivity index (χ2v) is 7.35. The van der Waals surface area contributed by atoms with Crippen molar-refractivity contribution in [2.75, 3.05) is 38.1 Å². The van der Waals surface area contributed by atoms with E-state index in [1.54, 1.807) is 0 Å². The van der Waals surface area contributed by atoms with E-state index in [4.69, 9.17) is 10.7 Å². The lowest BCUT2D eigenvalue weighted by molar-refractivity contribution is 0.312. The summed E-state index contributed by atoms with van der Waals surface area (Å²) in [6.45, 7) is 4.15. The smallest absolute Gasteiger partial charge is 0.129 e. The molecular formula is C21H22N6. The largest absolute Gasteiger partial charge is 0.387 e.